The van der Waals surface area contributed by atoms with E-state index in [2.05, 4.69) is 42.0 Å². The highest BCUT2D eigenvalue weighted by Crippen LogP contribution is 2.34. The van der Waals surface area contributed by atoms with Crippen LogP contribution in [-0.2, 0) is 11.3 Å². The van der Waals surface area contributed by atoms with Crippen molar-refractivity contribution in [3.8, 4) is 11.9 Å². The number of amides is 1. The van der Waals surface area contributed by atoms with Crippen molar-refractivity contribution in [1.82, 2.24) is 35.3 Å². The standard InChI is InChI=1S/C24H22F2N10O/c1-14-5-19(31-20-6-15(2)33-34-20)32-22(18(14)7-27)35-12-24(26,13-35)23(37)29-9-16-3-4-21(28-8-16)36-11-17(25)10-30-36/h3-6,8,10-11H,9,12-13H2,1-2H3,(H,29,37)(H2,31,32,33,34). The zero-order chi connectivity index (χ0) is 26.2. The van der Waals surface area contributed by atoms with Crippen LogP contribution in [0.4, 0.5) is 26.2 Å². The van der Waals surface area contributed by atoms with Crippen LogP contribution in [0.3, 0.4) is 0 Å². The molecule has 0 unspecified atom stereocenters. The number of nitrogens with zero attached hydrogens (tertiary/aromatic N) is 7. The number of nitrogens with one attached hydrogen (secondary N) is 3. The summed E-state index contributed by atoms with van der Waals surface area (Å²) in [6, 6.07) is 8.94. The second-order valence-corrected chi connectivity index (χ2v) is 8.83. The minimum Gasteiger partial charge on any atom is -0.349 e. The molecule has 1 amide bonds. The Labute approximate surface area is 210 Å². The average molecular weight is 505 g/mol. The quantitative estimate of drug-likeness (QED) is 0.349. The number of aromatic nitrogens is 6. The third kappa shape index (κ3) is 4.81. The lowest BCUT2D eigenvalue weighted by Crippen LogP contribution is -2.66. The van der Waals surface area contributed by atoms with Crippen LogP contribution >= 0.6 is 0 Å². The van der Waals surface area contributed by atoms with E-state index >= 15 is 4.39 Å². The fraction of sp³-hybridized carbons (Fsp3) is 0.250. The molecule has 188 valence electrons. The van der Waals surface area contributed by atoms with E-state index in [9.17, 15) is 14.4 Å². The number of H-pyrrole nitrogens is 1. The second-order valence-electron chi connectivity index (χ2n) is 8.83. The lowest BCUT2D eigenvalue weighted by atomic mass is 9.94. The molecule has 5 rings (SSSR count). The molecule has 0 aromatic carbocycles. The van der Waals surface area contributed by atoms with Gasteiger partial charge in [0, 0.05) is 24.5 Å². The number of carbonyl (C=O) groups is 1. The summed E-state index contributed by atoms with van der Waals surface area (Å²) in [6.07, 6.45) is 3.76. The number of aromatic amines is 1. The van der Waals surface area contributed by atoms with Crippen LogP contribution in [0.2, 0.25) is 0 Å². The molecular weight excluding hydrogens is 482 g/mol. The monoisotopic (exact) mass is 504 g/mol. The highest BCUT2D eigenvalue weighted by atomic mass is 19.1. The topological polar surface area (TPSA) is 140 Å². The maximum atomic E-state index is 15.4. The third-order valence-electron chi connectivity index (χ3n) is 5.91. The van der Waals surface area contributed by atoms with Gasteiger partial charge in [-0.2, -0.15) is 15.5 Å². The third-order valence-corrected chi connectivity index (χ3v) is 5.91. The zero-order valence-electron chi connectivity index (χ0n) is 20.0. The lowest BCUT2D eigenvalue weighted by molar-refractivity contribution is -0.134. The van der Waals surface area contributed by atoms with Crippen molar-refractivity contribution in [1.29, 1.82) is 5.26 Å². The van der Waals surface area contributed by atoms with Gasteiger partial charge in [-0.15, -0.1) is 0 Å². The number of hydrogen-bond acceptors (Lipinski definition) is 8. The molecule has 3 N–H and O–H groups in total. The first-order valence-electron chi connectivity index (χ1n) is 11.3. The first-order valence-corrected chi connectivity index (χ1v) is 11.3. The molecule has 37 heavy (non-hydrogen) atoms. The molecule has 1 aliphatic heterocycles. The Morgan fingerprint density at radius 1 is 1.24 bits per heavy atom. The van der Waals surface area contributed by atoms with Crippen LogP contribution in [0.5, 0.6) is 0 Å². The van der Waals surface area contributed by atoms with E-state index in [-0.39, 0.29) is 19.6 Å². The van der Waals surface area contributed by atoms with E-state index in [1.807, 2.05) is 6.92 Å². The molecule has 1 fully saturated rings. The summed E-state index contributed by atoms with van der Waals surface area (Å²) in [4.78, 5) is 22.9. The molecule has 0 bridgehead atoms. The smallest absolute Gasteiger partial charge is 0.261 e. The Bertz CT molecular complexity index is 1500. The number of carbonyl (C=O) groups excluding carboxylic acids is 1. The minimum absolute atomic E-state index is 0.0640. The van der Waals surface area contributed by atoms with Crippen LogP contribution in [0.25, 0.3) is 5.82 Å². The van der Waals surface area contributed by atoms with Gasteiger partial charge in [0.25, 0.3) is 5.91 Å². The van der Waals surface area contributed by atoms with Gasteiger partial charge >= 0.3 is 0 Å². The summed E-state index contributed by atoms with van der Waals surface area (Å²) in [6.45, 7) is 3.21. The lowest BCUT2D eigenvalue weighted by Gasteiger charge is -2.44. The van der Waals surface area contributed by atoms with Crippen LogP contribution in [-0.4, -0.2) is 54.6 Å². The number of anilines is 3. The van der Waals surface area contributed by atoms with Crippen LogP contribution < -0.4 is 15.5 Å². The average Bonchev–Trinajstić information content (AvgIpc) is 3.48. The predicted molar refractivity (Wildman–Crippen MR) is 130 cm³/mol. The number of aryl methyl sites for hydroxylation is 2. The van der Waals surface area contributed by atoms with Gasteiger partial charge in [0.1, 0.15) is 17.7 Å². The van der Waals surface area contributed by atoms with E-state index in [1.54, 1.807) is 36.1 Å². The summed E-state index contributed by atoms with van der Waals surface area (Å²) in [5.41, 5.74) is 0.349. The first kappa shape index (κ1) is 23.9. The molecule has 0 atom stereocenters. The molecule has 1 saturated heterocycles. The fourth-order valence-electron chi connectivity index (χ4n) is 3.98. The van der Waals surface area contributed by atoms with Gasteiger partial charge in [-0.05, 0) is 37.1 Å². The van der Waals surface area contributed by atoms with Gasteiger partial charge in [0.15, 0.2) is 17.5 Å². The van der Waals surface area contributed by atoms with Crippen molar-refractivity contribution in [3.63, 3.8) is 0 Å². The van der Waals surface area contributed by atoms with Crippen molar-refractivity contribution >= 4 is 23.4 Å². The summed E-state index contributed by atoms with van der Waals surface area (Å²) >= 11 is 0. The van der Waals surface area contributed by atoms with Gasteiger partial charge < -0.3 is 15.5 Å². The number of hydrogen-bond donors (Lipinski definition) is 3. The first-order chi connectivity index (χ1) is 17.7. The number of rotatable bonds is 7. The Morgan fingerprint density at radius 2 is 2.05 bits per heavy atom. The van der Waals surface area contributed by atoms with Crippen molar-refractivity contribution in [3.05, 3.63) is 71.1 Å². The summed E-state index contributed by atoms with van der Waals surface area (Å²) < 4.78 is 29.8. The predicted octanol–water partition coefficient (Wildman–Crippen LogP) is 2.60. The van der Waals surface area contributed by atoms with Crippen molar-refractivity contribution in [2.75, 3.05) is 23.3 Å². The van der Waals surface area contributed by atoms with Gasteiger partial charge in [-0.25, -0.2) is 23.4 Å². The van der Waals surface area contributed by atoms with Gasteiger partial charge in [-0.1, -0.05) is 6.07 Å². The maximum Gasteiger partial charge on any atom is 0.261 e. The van der Waals surface area contributed by atoms with Crippen molar-refractivity contribution < 1.29 is 13.6 Å². The summed E-state index contributed by atoms with van der Waals surface area (Å²) in [5.74, 6) is 0.469. The molecule has 5 heterocycles. The minimum atomic E-state index is -2.13. The molecular formula is C24H22F2N10O. The molecule has 0 aliphatic carbocycles. The zero-order valence-corrected chi connectivity index (χ0v) is 20.0. The highest BCUT2D eigenvalue weighted by molar-refractivity contribution is 5.89. The molecule has 0 spiro atoms. The Kier molecular flexibility index (Phi) is 6.00. The number of halogens is 2. The highest BCUT2D eigenvalue weighted by Gasteiger charge is 2.51. The van der Waals surface area contributed by atoms with Gasteiger partial charge in [0.2, 0.25) is 5.67 Å². The maximum absolute atomic E-state index is 15.4. The second kappa shape index (κ2) is 9.30. The molecule has 0 radical (unpaired) electrons. The SMILES string of the molecule is Cc1cc(Nc2cc(C)c(C#N)c(N3CC(F)(C(=O)NCc4ccc(-n5cc(F)cn5)nc4)C3)n2)n[nH]1. The molecule has 0 saturated carbocycles. The van der Waals surface area contributed by atoms with Crippen LogP contribution in [0, 0.1) is 31.0 Å². The van der Waals surface area contributed by atoms with E-state index in [1.165, 1.54) is 17.1 Å². The molecule has 4 aromatic rings. The number of pyridine rings is 2. The molecule has 11 nitrogen and oxygen atoms in total. The fourth-order valence-corrected chi connectivity index (χ4v) is 3.98. The Hall–Kier alpha value is -4.86. The molecule has 4 aromatic heterocycles. The van der Waals surface area contributed by atoms with E-state index in [0.29, 0.717) is 40.0 Å². The molecule has 1 aliphatic rings. The van der Waals surface area contributed by atoms with Crippen LogP contribution in [0.1, 0.15) is 22.4 Å². The van der Waals surface area contributed by atoms with Crippen molar-refractivity contribution in [2.45, 2.75) is 26.1 Å². The van der Waals surface area contributed by atoms with E-state index in [0.717, 1.165) is 11.9 Å². The van der Waals surface area contributed by atoms with Gasteiger partial charge in [-0.3, -0.25) is 9.89 Å². The Balaban J connectivity index is 1.22. The van der Waals surface area contributed by atoms with Gasteiger partial charge in [0.05, 0.1) is 31.0 Å². The summed E-state index contributed by atoms with van der Waals surface area (Å²) in [5, 5.41) is 26.1. The molecule has 13 heteroatoms. The van der Waals surface area contributed by atoms with E-state index in [4.69, 9.17) is 0 Å². The van der Waals surface area contributed by atoms with E-state index < -0.39 is 17.4 Å². The number of alkyl halides is 1. The normalized spacial score (nSPS) is 14.1. The summed E-state index contributed by atoms with van der Waals surface area (Å²) in [7, 11) is 0. The largest absolute Gasteiger partial charge is 0.349 e. The Morgan fingerprint density at radius 3 is 2.68 bits per heavy atom. The van der Waals surface area contributed by atoms with Crippen molar-refractivity contribution in [2.24, 2.45) is 0 Å². The van der Waals surface area contributed by atoms with Crippen LogP contribution in [0.15, 0.2) is 42.9 Å². The number of nitriles is 1.